The van der Waals surface area contributed by atoms with Crippen molar-refractivity contribution in [3.63, 3.8) is 0 Å². The van der Waals surface area contributed by atoms with Crippen molar-refractivity contribution in [2.75, 3.05) is 14.2 Å². The Morgan fingerprint density at radius 2 is 2.04 bits per heavy atom. The predicted molar refractivity (Wildman–Crippen MR) is 103 cm³/mol. The number of methoxy groups -OCH3 is 2. The summed E-state index contributed by atoms with van der Waals surface area (Å²) in [6.45, 7) is 2.12. The average Bonchev–Trinajstić information content (AvgIpc) is 3.18. The second-order valence-corrected chi connectivity index (χ2v) is 6.78. The van der Waals surface area contributed by atoms with E-state index in [4.69, 9.17) is 13.9 Å². The molecule has 0 bridgehead atoms. The summed E-state index contributed by atoms with van der Waals surface area (Å²) in [5.41, 5.74) is 1.76. The second kappa shape index (κ2) is 8.78. The molecular formula is C22H24O6. The van der Waals surface area contributed by atoms with Gasteiger partial charge >= 0.3 is 5.97 Å². The number of hydrogen-bond donors (Lipinski definition) is 0. The van der Waals surface area contributed by atoms with Crippen LogP contribution >= 0.6 is 0 Å². The highest BCUT2D eigenvalue weighted by Crippen LogP contribution is 2.32. The van der Waals surface area contributed by atoms with E-state index in [0.29, 0.717) is 17.3 Å². The van der Waals surface area contributed by atoms with Crippen LogP contribution < -0.4 is 9.47 Å². The molecule has 1 saturated carbocycles. The summed E-state index contributed by atoms with van der Waals surface area (Å²) in [5, 5.41) is 0. The van der Waals surface area contributed by atoms with Gasteiger partial charge in [-0.25, -0.2) is 4.79 Å². The zero-order valence-electron chi connectivity index (χ0n) is 16.3. The normalized spacial score (nSPS) is 18.2. The van der Waals surface area contributed by atoms with E-state index in [1.54, 1.807) is 25.3 Å². The van der Waals surface area contributed by atoms with E-state index in [2.05, 4.69) is 4.74 Å². The Morgan fingerprint density at radius 1 is 1.21 bits per heavy atom. The van der Waals surface area contributed by atoms with Crippen molar-refractivity contribution < 1.29 is 28.2 Å². The Morgan fingerprint density at radius 3 is 2.79 bits per heavy atom. The van der Waals surface area contributed by atoms with Gasteiger partial charge in [-0.05, 0) is 60.7 Å². The Balaban J connectivity index is 1.72. The summed E-state index contributed by atoms with van der Waals surface area (Å²) in [7, 11) is 2.86. The number of ether oxygens (including phenoxy) is 3. The summed E-state index contributed by atoms with van der Waals surface area (Å²) >= 11 is 0. The molecule has 0 amide bonds. The number of ketones is 1. The summed E-state index contributed by atoms with van der Waals surface area (Å²) in [6, 6.07) is 8.73. The molecule has 1 aromatic heterocycles. The van der Waals surface area contributed by atoms with Gasteiger partial charge in [-0.2, -0.15) is 0 Å². The first-order valence-electron chi connectivity index (χ1n) is 9.24. The molecule has 1 fully saturated rings. The van der Waals surface area contributed by atoms with Crippen molar-refractivity contribution in [1.82, 2.24) is 0 Å². The fraction of sp³-hybridized carbons (Fsp3) is 0.364. The fourth-order valence-electron chi connectivity index (χ4n) is 3.22. The Kier molecular flexibility index (Phi) is 6.19. The van der Waals surface area contributed by atoms with Gasteiger partial charge in [-0.1, -0.05) is 13.0 Å². The van der Waals surface area contributed by atoms with Crippen LogP contribution in [0, 0.1) is 5.92 Å². The minimum Gasteiger partial charge on any atom is -0.493 e. The fourth-order valence-corrected chi connectivity index (χ4v) is 3.22. The molecule has 148 valence electrons. The van der Waals surface area contributed by atoms with Crippen LogP contribution in [0.15, 0.2) is 40.3 Å². The zero-order valence-corrected chi connectivity index (χ0v) is 16.3. The molecule has 0 radical (unpaired) electrons. The SMILES string of the molecule is COC(=O)c1ccc(COc2ccc(/C=C3\CCC[C@@H](C)C3=O)cc2OC)o1. The van der Waals surface area contributed by atoms with Crippen LogP contribution in [0.4, 0.5) is 0 Å². The molecule has 1 aromatic carbocycles. The summed E-state index contributed by atoms with van der Waals surface area (Å²) in [6.07, 6.45) is 4.73. The van der Waals surface area contributed by atoms with Crippen LogP contribution in [0.1, 0.15) is 48.1 Å². The smallest absolute Gasteiger partial charge is 0.373 e. The van der Waals surface area contributed by atoms with Gasteiger partial charge in [0.2, 0.25) is 5.76 Å². The molecule has 0 N–H and O–H groups in total. The van der Waals surface area contributed by atoms with Crippen LogP contribution in [0.25, 0.3) is 6.08 Å². The van der Waals surface area contributed by atoms with E-state index in [1.807, 2.05) is 25.1 Å². The molecule has 3 rings (SSSR count). The Hall–Kier alpha value is -3.02. The number of hydrogen-bond acceptors (Lipinski definition) is 6. The molecule has 6 heteroatoms. The van der Waals surface area contributed by atoms with Crippen molar-refractivity contribution in [1.29, 1.82) is 0 Å². The Labute approximate surface area is 164 Å². The number of carbonyl (C=O) groups is 2. The molecule has 1 aliphatic carbocycles. The standard InChI is InChI=1S/C22H24O6/c1-14-5-4-6-16(21(14)23)11-15-7-9-18(20(12-15)25-2)27-13-17-8-10-19(28-17)22(24)26-3/h7-12,14H,4-6,13H2,1-3H3/b16-11+/t14-/m1/s1. The lowest BCUT2D eigenvalue weighted by Crippen LogP contribution is -2.18. The summed E-state index contributed by atoms with van der Waals surface area (Å²) in [5.74, 6) is 1.51. The van der Waals surface area contributed by atoms with Gasteiger partial charge in [-0.3, -0.25) is 4.79 Å². The first-order chi connectivity index (χ1) is 13.5. The highest BCUT2D eigenvalue weighted by Gasteiger charge is 2.22. The number of carbonyl (C=O) groups excluding carboxylic acids is 2. The van der Waals surface area contributed by atoms with Crippen molar-refractivity contribution in [3.05, 3.63) is 53.0 Å². The van der Waals surface area contributed by atoms with Gasteiger partial charge in [0.15, 0.2) is 17.3 Å². The summed E-state index contributed by atoms with van der Waals surface area (Å²) in [4.78, 5) is 23.8. The van der Waals surface area contributed by atoms with Gasteiger partial charge in [-0.15, -0.1) is 0 Å². The molecule has 0 unspecified atom stereocenters. The quantitative estimate of drug-likeness (QED) is 0.542. The number of allylic oxidation sites excluding steroid dienone is 1. The molecular weight excluding hydrogens is 360 g/mol. The number of esters is 1. The molecule has 1 aliphatic rings. The highest BCUT2D eigenvalue weighted by molar-refractivity contribution is 6.01. The van der Waals surface area contributed by atoms with Crippen molar-refractivity contribution in [2.45, 2.75) is 32.8 Å². The van der Waals surface area contributed by atoms with Gasteiger partial charge in [0.05, 0.1) is 14.2 Å². The molecule has 28 heavy (non-hydrogen) atoms. The van der Waals surface area contributed by atoms with E-state index in [1.165, 1.54) is 7.11 Å². The Bertz CT molecular complexity index is 892. The van der Waals surface area contributed by atoms with Crippen LogP contribution in [-0.2, 0) is 16.1 Å². The van der Waals surface area contributed by atoms with Gasteiger partial charge in [0.25, 0.3) is 0 Å². The van der Waals surface area contributed by atoms with Gasteiger partial charge in [0.1, 0.15) is 12.4 Å². The lowest BCUT2D eigenvalue weighted by atomic mass is 9.84. The van der Waals surface area contributed by atoms with E-state index in [9.17, 15) is 9.59 Å². The molecule has 0 aliphatic heterocycles. The minimum absolute atomic E-state index is 0.0904. The number of Topliss-reactive ketones (excluding diaryl/α,β-unsaturated/α-hetero) is 1. The van der Waals surface area contributed by atoms with Crippen molar-refractivity contribution in [2.24, 2.45) is 5.92 Å². The monoisotopic (exact) mass is 384 g/mol. The maximum atomic E-state index is 12.3. The molecule has 1 atom stereocenters. The number of benzene rings is 1. The maximum absolute atomic E-state index is 12.3. The maximum Gasteiger partial charge on any atom is 0.373 e. The van der Waals surface area contributed by atoms with E-state index >= 15 is 0 Å². The number of furan rings is 1. The zero-order chi connectivity index (χ0) is 20.1. The molecule has 2 aromatic rings. The van der Waals surface area contributed by atoms with Gasteiger partial charge < -0.3 is 18.6 Å². The van der Waals surface area contributed by atoms with Crippen LogP contribution in [0.3, 0.4) is 0 Å². The predicted octanol–water partition coefficient (Wildman–Crippen LogP) is 4.43. The van der Waals surface area contributed by atoms with Crippen molar-refractivity contribution >= 4 is 17.8 Å². The van der Waals surface area contributed by atoms with Crippen LogP contribution in [0.2, 0.25) is 0 Å². The first-order valence-corrected chi connectivity index (χ1v) is 9.24. The number of rotatable bonds is 6. The molecule has 1 heterocycles. The van der Waals surface area contributed by atoms with Crippen LogP contribution in [-0.4, -0.2) is 26.0 Å². The van der Waals surface area contributed by atoms with E-state index < -0.39 is 5.97 Å². The second-order valence-electron chi connectivity index (χ2n) is 6.78. The largest absolute Gasteiger partial charge is 0.493 e. The lowest BCUT2D eigenvalue weighted by molar-refractivity contribution is -0.119. The first kappa shape index (κ1) is 19.7. The third-order valence-electron chi connectivity index (χ3n) is 4.79. The topological polar surface area (TPSA) is 75.0 Å². The average molecular weight is 384 g/mol. The molecule has 0 spiro atoms. The highest BCUT2D eigenvalue weighted by atomic mass is 16.5. The third-order valence-corrected chi connectivity index (χ3v) is 4.79. The van der Waals surface area contributed by atoms with E-state index in [-0.39, 0.29) is 24.1 Å². The minimum atomic E-state index is -0.534. The molecule has 0 saturated heterocycles. The third kappa shape index (κ3) is 4.44. The van der Waals surface area contributed by atoms with E-state index in [0.717, 1.165) is 30.4 Å². The van der Waals surface area contributed by atoms with Crippen molar-refractivity contribution in [3.8, 4) is 11.5 Å². The lowest BCUT2D eigenvalue weighted by Gasteiger charge is -2.19. The van der Waals surface area contributed by atoms with Crippen LogP contribution in [0.5, 0.6) is 11.5 Å². The molecule has 6 nitrogen and oxygen atoms in total. The van der Waals surface area contributed by atoms with Gasteiger partial charge in [0, 0.05) is 5.92 Å². The summed E-state index contributed by atoms with van der Waals surface area (Å²) < 4.78 is 21.2.